The smallest absolute Gasteiger partial charge is 0.122 e. The Morgan fingerprint density at radius 2 is 1.83 bits per heavy atom. The van der Waals surface area contributed by atoms with Crippen LogP contribution in [0.3, 0.4) is 0 Å². The minimum atomic E-state index is -0.390. The van der Waals surface area contributed by atoms with Crippen LogP contribution in [0, 0.1) is 0 Å². The first-order valence-electron chi connectivity index (χ1n) is 4.13. The Balaban J connectivity index is 3.83. The molecule has 0 unspecified atom stereocenters. The number of hydrogen-bond donors (Lipinski definition) is 1. The van der Waals surface area contributed by atoms with Crippen molar-refractivity contribution in [3.8, 4) is 0 Å². The van der Waals surface area contributed by atoms with Crippen LogP contribution in [0.25, 0.3) is 0 Å². The van der Waals surface area contributed by atoms with Gasteiger partial charge in [-0.25, -0.2) is 0 Å². The van der Waals surface area contributed by atoms with Crippen molar-refractivity contribution < 1.29 is 9.53 Å². The van der Waals surface area contributed by atoms with Crippen molar-refractivity contribution in [3.05, 3.63) is 0 Å². The summed E-state index contributed by atoms with van der Waals surface area (Å²) in [6.45, 7) is 8.02. The van der Waals surface area contributed by atoms with Crippen molar-refractivity contribution in [1.82, 2.24) is 0 Å². The summed E-state index contributed by atoms with van der Waals surface area (Å²) >= 11 is 0. The molecule has 0 bridgehead atoms. The van der Waals surface area contributed by atoms with E-state index < -0.39 is 5.60 Å². The molecule has 0 spiro atoms. The van der Waals surface area contributed by atoms with Gasteiger partial charge in [-0.15, -0.1) is 0 Å². The Bertz CT molecular complexity index is 147. The van der Waals surface area contributed by atoms with Crippen molar-refractivity contribution in [2.24, 2.45) is 5.73 Å². The predicted octanol–water partition coefficient (Wildman–Crippen LogP) is 1.11. The maximum Gasteiger partial charge on any atom is 0.122 e. The third-order valence-electron chi connectivity index (χ3n) is 1.41. The van der Waals surface area contributed by atoms with Crippen LogP contribution in [0.2, 0.25) is 0 Å². The third kappa shape index (κ3) is 6.31. The van der Waals surface area contributed by atoms with Crippen molar-refractivity contribution in [3.63, 3.8) is 0 Å². The Morgan fingerprint density at radius 1 is 1.33 bits per heavy atom. The molecule has 12 heavy (non-hydrogen) atoms. The summed E-state index contributed by atoms with van der Waals surface area (Å²) in [6.07, 6.45) is 1.27. The van der Waals surface area contributed by atoms with Gasteiger partial charge in [0.05, 0.1) is 12.2 Å². The van der Waals surface area contributed by atoms with Crippen LogP contribution < -0.4 is 5.73 Å². The number of nitrogens with two attached hydrogens (primary N) is 1. The fourth-order valence-corrected chi connectivity index (χ4v) is 0.641. The zero-order chi connectivity index (χ0) is 9.83. The van der Waals surface area contributed by atoms with Crippen LogP contribution in [-0.4, -0.2) is 24.0 Å². The van der Waals surface area contributed by atoms with Crippen LogP contribution in [0.15, 0.2) is 0 Å². The van der Waals surface area contributed by atoms with Gasteiger partial charge >= 0.3 is 0 Å². The first kappa shape index (κ1) is 11.6. The Hall–Kier alpha value is -0.410. The highest BCUT2D eigenvalue weighted by Crippen LogP contribution is 2.14. The van der Waals surface area contributed by atoms with Gasteiger partial charge in [0, 0.05) is 12.0 Å². The van der Waals surface area contributed by atoms with Crippen LogP contribution in [0.4, 0.5) is 0 Å². The van der Waals surface area contributed by atoms with Gasteiger partial charge in [0.2, 0.25) is 0 Å². The van der Waals surface area contributed by atoms with Gasteiger partial charge in [0.15, 0.2) is 0 Å². The van der Waals surface area contributed by atoms with Gasteiger partial charge < -0.3 is 15.3 Å². The molecule has 3 heteroatoms. The molecule has 0 saturated carbocycles. The first-order chi connectivity index (χ1) is 5.27. The van der Waals surface area contributed by atoms with Crippen LogP contribution >= 0.6 is 0 Å². The summed E-state index contributed by atoms with van der Waals surface area (Å²) in [6, 6.07) is 0. The number of carbonyl (C=O) groups is 1. The van der Waals surface area contributed by atoms with Gasteiger partial charge in [-0.05, 0) is 27.7 Å². The molecule has 0 aliphatic carbocycles. The molecule has 72 valence electrons. The topological polar surface area (TPSA) is 52.3 Å². The maximum absolute atomic E-state index is 10.2. The normalized spacial score (nSPS) is 13.1. The Labute approximate surface area is 74.3 Å². The Morgan fingerprint density at radius 3 is 2.17 bits per heavy atom. The van der Waals surface area contributed by atoms with E-state index in [1.54, 1.807) is 0 Å². The molecule has 0 amide bonds. The molecule has 0 atom stereocenters. The average molecular weight is 173 g/mol. The number of aldehydes is 1. The van der Waals surface area contributed by atoms with Crippen LogP contribution in [0.1, 0.15) is 34.1 Å². The van der Waals surface area contributed by atoms with Crippen molar-refractivity contribution in [2.45, 2.75) is 45.3 Å². The zero-order valence-electron chi connectivity index (χ0n) is 8.39. The molecule has 0 rings (SSSR count). The lowest BCUT2D eigenvalue weighted by atomic mass is 10.0. The van der Waals surface area contributed by atoms with E-state index in [4.69, 9.17) is 10.5 Å². The molecule has 2 N–H and O–H groups in total. The Kier molecular flexibility index (Phi) is 3.87. The fraction of sp³-hybridized carbons (Fsp3) is 0.889. The van der Waals surface area contributed by atoms with E-state index in [2.05, 4.69) is 0 Å². The van der Waals surface area contributed by atoms with Crippen molar-refractivity contribution in [2.75, 3.05) is 6.61 Å². The predicted molar refractivity (Wildman–Crippen MR) is 49.0 cm³/mol. The summed E-state index contributed by atoms with van der Waals surface area (Å²) in [5, 5.41) is 0. The summed E-state index contributed by atoms with van der Waals surface area (Å²) in [5.74, 6) is 0. The SMILES string of the molecule is CC(C)(N)COC(C)(C)CC=O. The quantitative estimate of drug-likeness (QED) is 0.633. The fourth-order valence-electron chi connectivity index (χ4n) is 0.641. The second-order valence-electron chi connectivity index (χ2n) is 4.41. The molecule has 0 radical (unpaired) electrons. The van der Waals surface area contributed by atoms with Crippen LogP contribution in [-0.2, 0) is 9.53 Å². The number of rotatable bonds is 5. The second kappa shape index (κ2) is 4.01. The molecule has 0 aliphatic rings. The van der Waals surface area contributed by atoms with Gasteiger partial charge in [-0.1, -0.05) is 0 Å². The minimum absolute atomic E-state index is 0.333. The van der Waals surface area contributed by atoms with E-state index in [1.807, 2.05) is 27.7 Å². The van der Waals surface area contributed by atoms with E-state index in [9.17, 15) is 4.79 Å². The molecule has 0 heterocycles. The summed E-state index contributed by atoms with van der Waals surface area (Å²) < 4.78 is 5.48. The van der Waals surface area contributed by atoms with E-state index in [1.165, 1.54) is 0 Å². The molecular weight excluding hydrogens is 154 g/mol. The summed E-state index contributed by atoms with van der Waals surface area (Å²) in [4.78, 5) is 10.2. The maximum atomic E-state index is 10.2. The van der Waals surface area contributed by atoms with Gasteiger partial charge in [0.1, 0.15) is 6.29 Å². The molecule has 0 aromatic rings. The highest BCUT2D eigenvalue weighted by atomic mass is 16.5. The average Bonchev–Trinajstić information content (AvgIpc) is 1.83. The van der Waals surface area contributed by atoms with E-state index in [0.717, 1.165) is 6.29 Å². The van der Waals surface area contributed by atoms with E-state index in [0.29, 0.717) is 13.0 Å². The molecule has 0 aliphatic heterocycles. The van der Waals surface area contributed by atoms with E-state index in [-0.39, 0.29) is 5.54 Å². The summed E-state index contributed by atoms with van der Waals surface area (Å²) in [5.41, 5.74) is 5.00. The lowest BCUT2D eigenvalue weighted by Crippen LogP contribution is -2.41. The van der Waals surface area contributed by atoms with Gasteiger partial charge in [0.25, 0.3) is 0 Å². The standard InChI is InChI=1S/C9H19NO2/c1-8(2,10)7-12-9(3,4)5-6-11/h6H,5,7,10H2,1-4H3. The summed E-state index contributed by atoms with van der Waals surface area (Å²) in [7, 11) is 0. The lowest BCUT2D eigenvalue weighted by Gasteiger charge is -2.28. The lowest BCUT2D eigenvalue weighted by molar-refractivity contribution is -0.114. The van der Waals surface area contributed by atoms with Crippen molar-refractivity contribution in [1.29, 1.82) is 0 Å². The number of carbonyl (C=O) groups excluding carboxylic acids is 1. The van der Waals surface area contributed by atoms with Gasteiger partial charge in [-0.2, -0.15) is 0 Å². The molecule has 3 nitrogen and oxygen atoms in total. The molecular formula is C9H19NO2. The molecule has 0 fully saturated rings. The number of ether oxygens (including phenoxy) is 1. The monoisotopic (exact) mass is 173 g/mol. The minimum Gasteiger partial charge on any atom is -0.373 e. The van der Waals surface area contributed by atoms with Crippen LogP contribution in [0.5, 0.6) is 0 Å². The largest absolute Gasteiger partial charge is 0.373 e. The van der Waals surface area contributed by atoms with Gasteiger partial charge in [-0.3, -0.25) is 0 Å². The second-order valence-corrected chi connectivity index (χ2v) is 4.41. The van der Waals surface area contributed by atoms with Crippen molar-refractivity contribution >= 4 is 6.29 Å². The highest BCUT2D eigenvalue weighted by Gasteiger charge is 2.21. The molecule has 0 aromatic carbocycles. The molecule has 0 saturated heterocycles. The zero-order valence-corrected chi connectivity index (χ0v) is 8.39. The van der Waals surface area contributed by atoms with E-state index >= 15 is 0 Å². The first-order valence-corrected chi connectivity index (χ1v) is 4.13. The highest BCUT2D eigenvalue weighted by molar-refractivity contribution is 5.51. The third-order valence-corrected chi connectivity index (χ3v) is 1.41. The number of hydrogen-bond acceptors (Lipinski definition) is 3. The molecule has 0 aromatic heterocycles.